The summed E-state index contributed by atoms with van der Waals surface area (Å²) in [5.41, 5.74) is 0.711. The molecule has 1 heterocycles. The summed E-state index contributed by atoms with van der Waals surface area (Å²) in [5, 5.41) is 12.0. The molecule has 1 aliphatic heterocycles. The molecule has 5 heteroatoms. The van der Waals surface area contributed by atoms with E-state index >= 15 is 0 Å². The zero-order valence-electron chi connectivity index (χ0n) is 16.4. The van der Waals surface area contributed by atoms with Crippen LogP contribution < -0.4 is 10.1 Å². The van der Waals surface area contributed by atoms with Crippen molar-refractivity contribution in [2.45, 2.75) is 69.9 Å². The molecule has 1 unspecified atom stereocenters. The van der Waals surface area contributed by atoms with Gasteiger partial charge in [-0.2, -0.15) is 5.26 Å². The average molecular weight is 370 g/mol. The Labute approximate surface area is 162 Å². The van der Waals surface area contributed by atoms with Gasteiger partial charge in [0, 0.05) is 12.1 Å². The molecule has 0 spiro atoms. The minimum atomic E-state index is -0.556. The molecule has 0 bridgehead atoms. The number of nitrogens with one attached hydrogen (secondary N) is 1. The molecule has 5 nitrogen and oxygen atoms in total. The number of carbonyl (C=O) groups excluding carboxylic acids is 1. The van der Waals surface area contributed by atoms with Crippen molar-refractivity contribution >= 4 is 5.91 Å². The number of amides is 1. The highest BCUT2D eigenvalue weighted by atomic mass is 16.5. The molecule has 1 aliphatic carbocycles. The monoisotopic (exact) mass is 369 g/mol. The molecule has 1 aromatic rings. The Hall–Kier alpha value is -2.06. The van der Waals surface area contributed by atoms with Crippen LogP contribution in [0.15, 0.2) is 24.3 Å². The quantitative estimate of drug-likeness (QED) is 0.831. The van der Waals surface area contributed by atoms with Crippen LogP contribution in [-0.4, -0.2) is 42.1 Å². The van der Waals surface area contributed by atoms with Gasteiger partial charge in [-0.15, -0.1) is 0 Å². The topological polar surface area (TPSA) is 65.4 Å². The summed E-state index contributed by atoms with van der Waals surface area (Å²) in [6, 6.07) is 8.96. The Bertz CT molecular complexity index is 653. The third-order valence-electron chi connectivity index (χ3n) is 6.07. The lowest BCUT2D eigenvalue weighted by Gasteiger charge is -2.48. The Morgan fingerprint density at radius 3 is 2.41 bits per heavy atom. The number of ether oxygens (including phenoxy) is 1. The molecule has 2 aliphatic rings. The second-order valence-corrected chi connectivity index (χ2v) is 7.95. The lowest BCUT2D eigenvalue weighted by atomic mass is 9.79. The van der Waals surface area contributed by atoms with Crippen LogP contribution in [0.3, 0.4) is 0 Å². The summed E-state index contributed by atoms with van der Waals surface area (Å²) in [4.78, 5) is 15.3. The third kappa shape index (κ3) is 5.01. The maximum atomic E-state index is 12.6. The normalized spacial score (nSPS) is 21.0. The van der Waals surface area contributed by atoms with Gasteiger partial charge in [-0.1, -0.05) is 25.7 Å². The molecule has 1 N–H and O–H groups in total. The fourth-order valence-electron chi connectivity index (χ4n) is 4.44. The van der Waals surface area contributed by atoms with Gasteiger partial charge in [0.05, 0.1) is 11.6 Å². The first-order valence-corrected chi connectivity index (χ1v) is 10.3. The van der Waals surface area contributed by atoms with E-state index in [0.29, 0.717) is 17.9 Å². The van der Waals surface area contributed by atoms with E-state index in [9.17, 15) is 4.79 Å². The van der Waals surface area contributed by atoms with E-state index in [4.69, 9.17) is 10.00 Å². The van der Waals surface area contributed by atoms with Crippen molar-refractivity contribution in [2.24, 2.45) is 0 Å². The molecule has 0 radical (unpaired) electrons. The zero-order valence-corrected chi connectivity index (χ0v) is 16.4. The van der Waals surface area contributed by atoms with E-state index in [-0.39, 0.29) is 11.4 Å². The van der Waals surface area contributed by atoms with Gasteiger partial charge in [0.15, 0.2) is 6.10 Å². The Morgan fingerprint density at radius 2 is 1.78 bits per heavy atom. The molecule has 27 heavy (non-hydrogen) atoms. The highest BCUT2D eigenvalue weighted by Gasteiger charge is 2.38. The Kier molecular flexibility index (Phi) is 6.73. The summed E-state index contributed by atoms with van der Waals surface area (Å²) < 4.78 is 5.76. The van der Waals surface area contributed by atoms with Gasteiger partial charge in [0.25, 0.3) is 5.91 Å². The predicted octanol–water partition coefficient (Wildman–Crippen LogP) is 3.63. The van der Waals surface area contributed by atoms with Crippen LogP contribution in [0.25, 0.3) is 0 Å². The van der Waals surface area contributed by atoms with Gasteiger partial charge in [0.1, 0.15) is 5.75 Å². The van der Waals surface area contributed by atoms with Crippen molar-refractivity contribution in [3.63, 3.8) is 0 Å². The van der Waals surface area contributed by atoms with Gasteiger partial charge in [-0.3, -0.25) is 9.69 Å². The van der Waals surface area contributed by atoms with Crippen molar-refractivity contribution in [3.05, 3.63) is 29.8 Å². The van der Waals surface area contributed by atoms with E-state index in [1.165, 1.54) is 51.4 Å². The second-order valence-electron chi connectivity index (χ2n) is 7.95. The lowest BCUT2D eigenvalue weighted by Crippen LogP contribution is -2.58. The smallest absolute Gasteiger partial charge is 0.260 e. The van der Waals surface area contributed by atoms with Crippen LogP contribution >= 0.6 is 0 Å². The number of nitriles is 1. The zero-order chi connectivity index (χ0) is 19.1. The summed E-state index contributed by atoms with van der Waals surface area (Å²) >= 11 is 0. The first-order chi connectivity index (χ1) is 13.1. The Balaban J connectivity index is 1.57. The number of likely N-dealkylation sites (tertiary alicyclic amines) is 1. The van der Waals surface area contributed by atoms with Crippen molar-refractivity contribution in [3.8, 4) is 11.8 Å². The van der Waals surface area contributed by atoms with Crippen LogP contribution in [0, 0.1) is 11.3 Å². The number of carbonyl (C=O) groups is 1. The molecule has 1 saturated carbocycles. The van der Waals surface area contributed by atoms with Gasteiger partial charge >= 0.3 is 0 Å². The summed E-state index contributed by atoms with van der Waals surface area (Å²) in [5.74, 6) is 0.543. The van der Waals surface area contributed by atoms with E-state index in [0.717, 1.165) is 13.1 Å². The van der Waals surface area contributed by atoms with Gasteiger partial charge in [-0.05, 0) is 70.0 Å². The first kappa shape index (κ1) is 19.7. The van der Waals surface area contributed by atoms with Crippen LogP contribution in [0.5, 0.6) is 5.75 Å². The minimum Gasteiger partial charge on any atom is -0.481 e. The highest BCUT2D eigenvalue weighted by molar-refractivity contribution is 5.80. The van der Waals surface area contributed by atoms with Crippen molar-refractivity contribution < 1.29 is 9.53 Å². The SMILES string of the molecule is CC(Oc1ccc(C#N)cc1)C(=O)NCC1(N2CCCCC2)CCCCC1. The fourth-order valence-corrected chi connectivity index (χ4v) is 4.44. The molecule has 1 amide bonds. The number of piperidine rings is 1. The first-order valence-electron chi connectivity index (χ1n) is 10.3. The van der Waals surface area contributed by atoms with Crippen LogP contribution in [0.4, 0.5) is 0 Å². The standard InChI is InChI=1S/C22H31N3O2/c1-18(27-20-10-8-19(16-23)9-11-20)21(26)24-17-22(12-4-2-5-13-22)25-14-6-3-7-15-25/h8-11,18H,2-7,12-15,17H2,1H3,(H,24,26). The van der Waals surface area contributed by atoms with Crippen molar-refractivity contribution in [2.75, 3.05) is 19.6 Å². The summed E-state index contributed by atoms with van der Waals surface area (Å²) in [6.45, 7) is 4.81. The maximum Gasteiger partial charge on any atom is 0.260 e. The number of hydrogen-bond donors (Lipinski definition) is 1. The average Bonchev–Trinajstić information content (AvgIpc) is 2.74. The molecule has 1 atom stereocenters. The van der Waals surface area contributed by atoms with Crippen molar-refractivity contribution in [1.82, 2.24) is 10.2 Å². The van der Waals surface area contributed by atoms with E-state index in [2.05, 4.69) is 16.3 Å². The molecule has 146 valence electrons. The van der Waals surface area contributed by atoms with E-state index < -0.39 is 6.10 Å². The lowest BCUT2D eigenvalue weighted by molar-refractivity contribution is -0.128. The molecular formula is C22H31N3O2. The van der Waals surface area contributed by atoms with Gasteiger partial charge in [0.2, 0.25) is 0 Å². The third-order valence-corrected chi connectivity index (χ3v) is 6.07. The maximum absolute atomic E-state index is 12.6. The Morgan fingerprint density at radius 1 is 1.15 bits per heavy atom. The number of nitrogens with zero attached hydrogens (tertiary/aromatic N) is 2. The molecule has 0 aromatic heterocycles. The molecular weight excluding hydrogens is 338 g/mol. The van der Waals surface area contributed by atoms with Crippen LogP contribution in [-0.2, 0) is 4.79 Å². The van der Waals surface area contributed by atoms with Crippen LogP contribution in [0.1, 0.15) is 63.9 Å². The summed E-state index contributed by atoms with van der Waals surface area (Å²) in [7, 11) is 0. The summed E-state index contributed by atoms with van der Waals surface area (Å²) in [6.07, 6.45) is 9.49. The van der Waals surface area contributed by atoms with E-state index in [1.54, 1.807) is 31.2 Å². The van der Waals surface area contributed by atoms with Gasteiger partial charge in [-0.25, -0.2) is 0 Å². The second kappa shape index (κ2) is 9.23. The molecule has 2 fully saturated rings. The number of rotatable bonds is 6. The fraction of sp³-hybridized carbons (Fsp3) is 0.636. The van der Waals surface area contributed by atoms with Crippen molar-refractivity contribution in [1.29, 1.82) is 5.26 Å². The van der Waals surface area contributed by atoms with Gasteiger partial charge < -0.3 is 10.1 Å². The molecule has 1 saturated heterocycles. The highest BCUT2D eigenvalue weighted by Crippen LogP contribution is 2.35. The minimum absolute atomic E-state index is 0.0682. The number of benzene rings is 1. The predicted molar refractivity (Wildman–Crippen MR) is 105 cm³/mol. The van der Waals surface area contributed by atoms with Crippen LogP contribution in [0.2, 0.25) is 0 Å². The molecule has 1 aromatic carbocycles. The largest absolute Gasteiger partial charge is 0.481 e. The molecule has 3 rings (SSSR count). The van der Waals surface area contributed by atoms with E-state index in [1.807, 2.05) is 0 Å². The number of hydrogen-bond acceptors (Lipinski definition) is 4.